The number of hydrogen-bond acceptors (Lipinski definition) is 3. The minimum absolute atomic E-state index is 0.127. The van der Waals surface area contributed by atoms with Crippen LogP contribution in [0.5, 0.6) is 5.75 Å². The third-order valence-electron chi connectivity index (χ3n) is 5.47. The normalized spacial score (nSPS) is 14.0. The second-order valence-electron chi connectivity index (χ2n) is 7.30. The number of nitrogens with zero attached hydrogens (tertiary/aromatic N) is 2. The molecular formula is C25H26N2O2. The molecule has 3 aromatic carbocycles. The Morgan fingerprint density at radius 2 is 1.59 bits per heavy atom. The molecule has 4 nitrogen and oxygen atoms in total. The first-order chi connectivity index (χ1) is 14.2. The third-order valence-corrected chi connectivity index (χ3v) is 5.47. The van der Waals surface area contributed by atoms with Gasteiger partial charge in [-0.2, -0.15) is 0 Å². The Kier molecular flexibility index (Phi) is 5.80. The van der Waals surface area contributed by atoms with E-state index in [1.807, 2.05) is 59.5 Å². The Morgan fingerprint density at radius 3 is 2.34 bits per heavy atom. The molecule has 4 rings (SSSR count). The summed E-state index contributed by atoms with van der Waals surface area (Å²) in [4.78, 5) is 17.5. The van der Waals surface area contributed by atoms with Gasteiger partial charge in [0.25, 0.3) is 5.91 Å². The van der Waals surface area contributed by atoms with Gasteiger partial charge >= 0.3 is 0 Å². The van der Waals surface area contributed by atoms with Gasteiger partial charge in [-0.3, -0.25) is 4.79 Å². The van der Waals surface area contributed by atoms with Gasteiger partial charge in [-0.25, -0.2) is 0 Å². The molecule has 0 saturated carbocycles. The molecular weight excluding hydrogens is 360 g/mol. The Labute approximate surface area is 172 Å². The molecule has 0 aromatic heterocycles. The van der Waals surface area contributed by atoms with Gasteiger partial charge in [-0.1, -0.05) is 54.6 Å². The molecule has 4 heteroatoms. The second kappa shape index (κ2) is 8.82. The van der Waals surface area contributed by atoms with Gasteiger partial charge in [-0.05, 0) is 35.7 Å². The van der Waals surface area contributed by atoms with Crippen molar-refractivity contribution in [1.29, 1.82) is 0 Å². The number of anilines is 1. The topological polar surface area (TPSA) is 32.8 Å². The highest BCUT2D eigenvalue weighted by atomic mass is 16.5. The van der Waals surface area contributed by atoms with Gasteiger partial charge in [0.2, 0.25) is 0 Å². The number of hydrogen-bond donors (Lipinski definition) is 0. The van der Waals surface area contributed by atoms with Crippen molar-refractivity contribution in [3.05, 3.63) is 95.6 Å². The monoisotopic (exact) mass is 386 g/mol. The Morgan fingerprint density at radius 1 is 0.862 bits per heavy atom. The SMILES string of the molecule is COc1cccc(N2CCN(C(=O)c3ccccc3Cc3ccccc3)CC2)c1. The van der Waals surface area contributed by atoms with Crippen LogP contribution in [0.25, 0.3) is 0 Å². The summed E-state index contributed by atoms with van der Waals surface area (Å²) in [6.07, 6.45) is 0.770. The summed E-state index contributed by atoms with van der Waals surface area (Å²) < 4.78 is 5.33. The molecule has 0 spiro atoms. The predicted octanol–water partition coefficient (Wildman–Crippen LogP) is 4.25. The predicted molar refractivity (Wildman–Crippen MR) is 117 cm³/mol. The summed E-state index contributed by atoms with van der Waals surface area (Å²) in [5, 5.41) is 0. The maximum atomic E-state index is 13.2. The summed E-state index contributed by atoms with van der Waals surface area (Å²) in [5.74, 6) is 0.984. The van der Waals surface area contributed by atoms with Crippen molar-refractivity contribution < 1.29 is 9.53 Å². The number of carbonyl (C=O) groups excluding carboxylic acids is 1. The van der Waals surface area contributed by atoms with Gasteiger partial charge in [-0.15, -0.1) is 0 Å². The molecule has 3 aromatic rings. The highest BCUT2D eigenvalue weighted by molar-refractivity contribution is 5.96. The van der Waals surface area contributed by atoms with Gasteiger partial charge in [0, 0.05) is 43.5 Å². The van der Waals surface area contributed by atoms with Gasteiger partial charge < -0.3 is 14.5 Å². The van der Waals surface area contributed by atoms with Gasteiger partial charge in [0.1, 0.15) is 5.75 Å². The lowest BCUT2D eigenvalue weighted by Crippen LogP contribution is -2.49. The number of piperazine rings is 1. The number of amides is 1. The third kappa shape index (κ3) is 4.43. The van der Waals surface area contributed by atoms with Crippen molar-refractivity contribution in [3.63, 3.8) is 0 Å². The molecule has 0 bridgehead atoms. The fourth-order valence-electron chi connectivity index (χ4n) is 3.84. The molecule has 1 aliphatic heterocycles. The van der Waals surface area contributed by atoms with E-state index in [9.17, 15) is 4.79 Å². The lowest BCUT2D eigenvalue weighted by Gasteiger charge is -2.36. The van der Waals surface area contributed by atoms with Crippen LogP contribution >= 0.6 is 0 Å². The molecule has 1 heterocycles. The van der Waals surface area contributed by atoms with E-state index in [2.05, 4.69) is 29.2 Å². The lowest BCUT2D eigenvalue weighted by atomic mass is 9.99. The number of benzene rings is 3. The van der Waals surface area contributed by atoms with Crippen molar-refractivity contribution in [2.75, 3.05) is 38.2 Å². The van der Waals surface area contributed by atoms with E-state index in [0.717, 1.165) is 55.2 Å². The zero-order valence-corrected chi connectivity index (χ0v) is 16.8. The van der Waals surface area contributed by atoms with Crippen LogP contribution in [-0.4, -0.2) is 44.1 Å². The fraction of sp³-hybridized carbons (Fsp3) is 0.240. The van der Waals surface area contributed by atoms with Crippen molar-refractivity contribution in [3.8, 4) is 5.75 Å². The van der Waals surface area contributed by atoms with E-state index in [1.165, 1.54) is 5.56 Å². The zero-order valence-electron chi connectivity index (χ0n) is 16.8. The Balaban J connectivity index is 1.45. The second-order valence-corrected chi connectivity index (χ2v) is 7.30. The van der Waals surface area contributed by atoms with Crippen molar-refractivity contribution >= 4 is 11.6 Å². The summed E-state index contributed by atoms with van der Waals surface area (Å²) >= 11 is 0. The van der Waals surface area contributed by atoms with Crippen molar-refractivity contribution in [1.82, 2.24) is 4.90 Å². The van der Waals surface area contributed by atoms with E-state index in [4.69, 9.17) is 4.74 Å². The summed E-state index contributed by atoms with van der Waals surface area (Å²) in [7, 11) is 1.68. The molecule has 1 aliphatic rings. The summed E-state index contributed by atoms with van der Waals surface area (Å²) in [5.41, 5.74) is 4.25. The maximum Gasteiger partial charge on any atom is 0.254 e. The average molecular weight is 386 g/mol. The lowest BCUT2D eigenvalue weighted by molar-refractivity contribution is 0.0746. The van der Waals surface area contributed by atoms with Crippen molar-refractivity contribution in [2.45, 2.75) is 6.42 Å². The average Bonchev–Trinajstić information content (AvgIpc) is 2.80. The highest BCUT2D eigenvalue weighted by Gasteiger charge is 2.24. The quantitative estimate of drug-likeness (QED) is 0.657. The maximum absolute atomic E-state index is 13.2. The van der Waals surface area contributed by atoms with E-state index < -0.39 is 0 Å². The van der Waals surface area contributed by atoms with Gasteiger partial charge in [0.05, 0.1) is 7.11 Å². The molecule has 0 radical (unpaired) electrons. The minimum atomic E-state index is 0.127. The molecule has 148 valence electrons. The standard InChI is InChI=1S/C25H26N2O2/c1-29-23-12-7-11-22(19-23)26-14-16-27(17-15-26)25(28)24-13-6-5-10-21(24)18-20-8-3-2-4-9-20/h2-13,19H,14-18H2,1H3. The first-order valence-electron chi connectivity index (χ1n) is 10.0. The highest BCUT2D eigenvalue weighted by Crippen LogP contribution is 2.23. The largest absolute Gasteiger partial charge is 0.497 e. The van der Waals surface area contributed by atoms with Crippen LogP contribution in [0.4, 0.5) is 5.69 Å². The summed E-state index contributed by atoms with van der Waals surface area (Å²) in [6.45, 7) is 3.07. The number of rotatable bonds is 5. The fourth-order valence-corrected chi connectivity index (χ4v) is 3.84. The van der Waals surface area contributed by atoms with E-state index >= 15 is 0 Å². The Bertz CT molecular complexity index is 963. The van der Waals surface area contributed by atoms with Crippen LogP contribution in [0.2, 0.25) is 0 Å². The molecule has 29 heavy (non-hydrogen) atoms. The van der Waals surface area contributed by atoms with Crippen LogP contribution < -0.4 is 9.64 Å². The number of methoxy groups -OCH3 is 1. The molecule has 1 amide bonds. The van der Waals surface area contributed by atoms with Crippen LogP contribution in [0.1, 0.15) is 21.5 Å². The number of ether oxygens (including phenoxy) is 1. The molecule has 0 atom stereocenters. The molecule has 0 aliphatic carbocycles. The molecule has 0 unspecified atom stereocenters. The summed E-state index contributed by atoms with van der Waals surface area (Å²) in [6, 6.07) is 26.4. The smallest absolute Gasteiger partial charge is 0.254 e. The van der Waals surface area contributed by atoms with E-state index in [1.54, 1.807) is 7.11 Å². The minimum Gasteiger partial charge on any atom is -0.497 e. The van der Waals surface area contributed by atoms with Crippen LogP contribution in [0.3, 0.4) is 0 Å². The van der Waals surface area contributed by atoms with Crippen LogP contribution in [0, 0.1) is 0 Å². The molecule has 0 N–H and O–H groups in total. The molecule has 1 saturated heterocycles. The molecule has 1 fully saturated rings. The van der Waals surface area contributed by atoms with Crippen LogP contribution in [-0.2, 0) is 6.42 Å². The van der Waals surface area contributed by atoms with Crippen molar-refractivity contribution in [2.24, 2.45) is 0 Å². The Hall–Kier alpha value is -3.27. The first-order valence-corrected chi connectivity index (χ1v) is 10.0. The van der Waals surface area contributed by atoms with Gasteiger partial charge in [0.15, 0.2) is 0 Å². The zero-order chi connectivity index (χ0) is 20.1. The first kappa shape index (κ1) is 19.1. The van der Waals surface area contributed by atoms with E-state index in [0.29, 0.717) is 0 Å². The number of carbonyl (C=O) groups is 1. The van der Waals surface area contributed by atoms with E-state index in [-0.39, 0.29) is 5.91 Å². The van der Waals surface area contributed by atoms with Crippen LogP contribution in [0.15, 0.2) is 78.9 Å².